The summed E-state index contributed by atoms with van der Waals surface area (Å²) in [5, 5.41) is 13.1. The minimum Gasteiger partial charge on any atom is -0.478 e. The molecule has 0 saturated carbocycles. The van der Waals surface area contributed by atoms with Crippen molar-refractivity contribution in [3.05, 3.63) is 88.0 Å². The highest BCUT2D eigenvalue weighted by atomic mass is 19.2. The number of nitrogens with one attached hydrogen (secondary N) is 1. The number of nitrogens with zero attached hydrogens (tertiary/aromatic N) is 2. The molecular weight excluding hydrogens is 399 g/mol. The summed E-state index contributed by atoms with van der Waals surface area (Å²) in [5.41, 5.74) is 4.10. The van der Waals surface area contributed by atoms with Gasteiger partial charge in [0.25, 0.3) is 5.91 Å². The van der Waals surface area contributed by atoms with Crippen LogP contribution in [0.1, 0.15) is 37.7 Å². The van der Waals surface area contributed by atoms with Gasteiger partial charge >= 0.3 is 5.97 Å². The van der Waals surface area contributed by atoms with Gasteiger partial charge in [-0.2, -0.15) is 5.10 Å². The Kier molecular flexibility index (Phi) is 5.72. The third-order valence-corrected chi connectivity index (χ3v) is 4.39. The van der Waals surface area contributed by atoms with Crippen LogP contribution in [0.5, 0.6) is 0 Å². The third-order valence-electron chi connectivity index (χ3n) is 4.39. The summed E-state index contributed by atoms with van der Waals surface area (Å²) in [5.74, 6) is -6.18. The first-order valence-corrected chi connectivity index (χ1v) is 8.69. The van der Waals surface area contributed by atoms with Crippen LogP contribution >= 0.6 is 0 Å². The summed E-state index contributed by atoms with van der Waals surface area (Å²) in [6, 6.07) is 9.13. The van der Waals surface area contributed by atoms with Crippen LogP contribution in [0, 0.1) is 31.3 Å². The van der Waals surface area contributed by atoms with Gasteiger partial charge in [0.2, 0.25) is 0 Å². The van der Waals surface area contributed by atoms with Gasteiger partial charge in [0.1, 0.15) is 0 Å². The highest BCUT2D eigenvalue weighted by Gasteiger charge is 2.17. The van der Waals surface area contributed by atoms with E-state index in [1.165, 1.54) is 18.2 Å². The van der Waals surface area contributed by atoms with E-state index in [9.17, 15) is 27.9 Å². The first kappa shape index (κ1) is 20.8. The quantitative estimate of drug-likeness (QED) is 0.376. The van der Waals surface area contributed by atoms with Crippen LogP contribution in [0.25, 0.3) is 5.69 Å². The number of hydrazone groups is 1. The normalized spacial score (nSPS) is 11.1. The molecule has 154 valence electrons. The van der Waals surface area contributed by atoms with Crippen LogP contribution in [0.3, 0.4) is 0 Å². The largest absolute Gasteiger partial charge is 0.478 e. The van der Waals surface area contributed by atoms with Crippen LogP contribution in [0.4, 0.5) is 13.2 Å². The number of aromatic carboxylic acids is 1. The van der Waals surface area contributed by atoms with Gasteiger partial charge in [0.15, 0.2) is 17.5 Å². The molecule has 0 aliphatic carbocycles. The lowest BCUT2D eigenvalue weighted by atomic mass is 10.1. The molecule has 0 bridgehead atoms. The molecule has 0 aliphatic rings. The molecule has 0 spiro atoms. The molecule has 9 heteroatoms. The molecule has 1 heterocycles. The minimum atomic E-state index is -1.60. The van der Waals surface area contributed by atoms with Gasteiger partial charge in [-0.1, -0.05) is 0 Å². The van der Waals surface area contributed by atoms with Crippen molar-refractivity contribution in [2.75, 3.05) is 0 Å². The number of benzene rings is 2. The van der Waals surface area contributed by atoms with Gasteiger partial charge in [-0.05, 0) is 56.3 Å². The fourth-order valence-electron chi connectivity index (χ4n) is 2.97. The molecule has 0 atom stereocenters. The zero-order chi connectivity index (χ0) is 22.0. The summed E-state index contributed by atoms with van der Waals surface area (Å²) in [6.07, 6.45) is 0.955. The minimum absolute atomic E-state index is 0.00899. The van der Waals surface area contributed by atoms with Crippen LogP contribution in [-0.4, -0.2) is 27.8 Å². The Morgan fingerprint density at radius 3 is 2.17 bits per heavy atom. The number of amides is 1. The maximum absolute atomic E-state index is 13.2. The van der Waals surface area contributed by atoms with Gasteiger partial charge in [0, 0.05) is 22.5 Å². The zero-order valence-electron chi connectivity index (χ0n) is 15.9. The smallest absolute Gasteiger partial charge is 0.337 e. The van der Waals surface area contributed by atoms with E-state index in [1.54, 1.807) is 18.4 Å². The van der Waals surface area contributed by atoms with Gasteiger partial charge in [-0.3, -0.25) is 4.79 Å². The van der Waals surface area contributed by atoms with Gasteiger partial charge in [-0.15, -0.1) is 0 Å². The van der Waals surface area contributed by atoms with E-state index in [4.69, 9.17) is 0 Å². The molecule has 0 saturated heterocycles. The molecule has 0 fully saturated rings. The number of aryl methyl sites for hydroxylation is 2. The van der Waals surface area contributed by atoms with Crippen LogP contribution < -0.4 is 5.43 Å². The zero-order valence-corrected chi connectivity index (χ0v) is 15.9. The maximum Gasteiger partial charge on any atom is 0.337 e. The molecule has 6 nitrogen and oxygen atoms in total. The second-order valence-corrected chi connectivity index (χ2v) is 6.49. The first-order valence-electron chi connectivity index (χ1n) is 8.69. The van der Waals surface area contributed by atoms with E-state index >= 15 is 0 Å². The average molecular weight is 415 g/mol. The molecule has 0 aliphatic heterocycles. The Bertz CT molecular complexity index is 1140. The monoisotopic (exact) mass is 415 g/mol. The van der Waals surface area contributed by atoms with E-state index in [2.05, 4.69) is 10.5 Å². The van der Waals surface area contributed by atoms with Crippen molar-refractivity contribution in [3.8, 4) is 5.69 Å². The third kappa shape index (κ3) is 4.09. The van der Waals surface area contributed by atoms with Crippen molar-refractivity contribution in [2.24, 2.45) is 5.10 Å². The molecule has 3 rings (SSSR count). The molecule has 2 N–H and O–H groups in total. The van der Waals surface area contributed by atoms with Crippen molar-refractivity contribution >= 4 is 18.1 Å². The Labute approximate surface area is 169 Å². The molecule has 3 aromatic rings. The van der Waals surface area contributed by atoms with Crippen LogP contribution in [-0.2, 0) is 0 Å². The second-order valence-electron chi connectivity index (χ2n) is 6.49. The van der Waals surface area contributed by atoms with Gasteiger partial charge in [-0.25, -0.2) is 23.4 Å². The predicted molar refractivity (Wildman–Crippen MR) is 104 cm³/mol. The predicted octanol–water partition coefficient (Wildman–Crippen LogP) is 3.97. The Morgan fingerprint density at radius 2 is 1.60 bits per heavy atom. The van der Waals surface area contributed by atoms with Crippen molar-refractivity contribution in [1.82, 2.24) is 9.99 Å². The molecule has 1 amide bonds. The fourth-order valence-corrected chi connectivity index (χ4v) is 2.97. The molecule has 0 unspecified atom stereocenters. The topological polar surface area (TPSA) is 83.7 Å². The van der Waals surface area contributed by atoms with Crippen molar-refractivity contribution < 1.29 is 27.9 Å². The number of halogens is 3. The SMILES string of the molecule is Cc1ccc(C)n1-c1cc(C(=O)NN=Cc2cc(F)c(F)c(F)c2)ccc1C(=O)O. The number of hydrogen-bond acceptors (Lipinski definition) is 3. The molecule has 2 aromatic carbocycles. The van der Waals surface area contributed by atoms with E-state index in [0.717, 1.165) is 29.7 Å². The average Bonchev–Trinajstić information content (AvgIpc) is 3.03. The van der Waals surface area contributed by atoms with E-state index in [-0.39, 0.29) is 16.7 Å². The standard InChI is InChI=1S/C21H16F3N3O3/c1-11-3-4-12(2)27(11)18-9-14(5-6-15(18)21(29)30)20(28)26-25-10-13-7-16(22)19(24)17(23)8-13/h3-10H,1-2H3,(H,26,28)(H,29,30). The number of carboxylic acid groups (broad SMARTS) is 1. The van der Waals surface area contributed by atoms with Crippen molar-refractivity contribution in [3.63, 3.8) is 0 Å². The summed E-state index contributed by atoms with van der Waals surface area (Å²) in [6.45, 7) is 3.60. The van der Waals surface area contributed by atoms with E-state index in [0.29, 0.717) is 5.69 Å². The number of carboxylic acids is 1. The van der Waals surface area contributed by atoms with Gasteiger partial charge < -0.3 is 9.67 Å². The summed E-state index contributed by atoms with van der Waals surface area (Å²) in [4.78, 5) is 24.0. The lowest BCUT2D eigenvalue weighted by Gasteiger charge is -2.14. The van der Waals surface area contributed by atoms with Gasteiger partial charge in [0.05, 0.1) is 17.5 Å². The first-order chi connectivity index (χ1) is 14.2. The number of rotatable bonds is 5. The fraction of sp³-hybridized carbons (Fsp3) is 0.0952. The number of aromatic nitrogens is 1. The second kappa shape index (κ2) is 8.24. The Morgan fingerprint density at radius 1 is 1.00 bits per heavy atom. The van der Waals surface area contributed by atoms with Crippen molar-refractivity contribution in [1.29, 1.82) is 0 Å². The number of hydrogen-bond donors (Lipinski definition) is 2. The summed E-state index contributed by atoms with van der Waals surface area (Å²) in [7, 11) is 0. The highest BCUT2D eigenvalue weighted by molar-refractivity contribution is 5.98. The lowest BCUT2D eigenvalue weighted by molar-refractivity contribution is 0.0696. The molecule has 30 heavy (non-hydrogen) atoms. The number of carbonyl (C=O) groups excluding carboxylic acids is 1. The lowest BCUT2D eigenvalue weighted by Crippen LogP contribution is -2.19. The number of carbonyl (C=O) groups is 2. The van der Waals surface area contributed by atoms with Crippen LogP contribution in [0.15, 0.2) is 47.6 Å². The summed E-state index contributed by atoms with van der Waals surface area (Å²) >= 11 is 0. The van der Waals surface area contributed by atoms with Crippen molar-refractivity contribution in [2.45, 2.75) is 13.8 Å². The van der Waals surface area contributed by atoms with E-state index < -0.39 is 29.3 Å². The maximum atomic E-state index is 13.2. The molecule has 1 aromatic heterocycles. The summed E-state index contributed by atoms with van der Waals surface area (Å²) < 4.78 is 41.1. The molecular formula is C21H16F3N3O3. The Hall–Kier alpha value is -3.88. The Balaban J connectivity index is 1.88. The molecule has 0 radical (unpaired) electrons. The van der Waals surface area contributed by atoms with E-state index in [1.807, 2.05) is 12.1 Å². The highest BCUT2D eigenvalue weighted by Crippen LogP contribution is 2.22. The van der Waals surface area contributed by atoms with Crippen LogP contribution in [0.2, 0.25) is 0 Å².